The van der Waals surface area contributed by atoms with E-state index in [2.05, 4.69) is 5.32 Å². The van der Waals surface area contributed by atoms with Gasteiger partial charge in [0.1, 0.15) is 11.6 Å². The number of rotatable bonds is 7. The largest absolute Gasteiger partial charge is 0.497 e. The number of hydrogen-bond donors (Lipinski definition) is 1. The van der Waals surface area contributed by atoms with Crippen LogP contribution in [0.1, 0.15) is 58.8 Å². The number of aromatic nitrogens is 2. The zero-order chi connectivity index (χ0) is 24.3. The molecule has 2 aromatic rings. The predicted molar refractivity (Wildman–Crippen MR) is 123 cm³/mol. The minimum atomic E-state index is -0.721. The number of methoxy groups -OCH3 is 1. The number of nitrogens with one attached hydrogen (secondary N) is 1. The van der Waals surface area contributed by atoms with Gasteiger partial charge in [-0.3, -0.25) is 9.48 Å². The lowest BCUT2D eigenvalue weighted by molar-refractivity contribution is 0.0151. The normalized spacial score (nSPS) is 18.1. The molecule has 0 unspecified atom stereocenters. The quantitative estimate of drug-likeness (QED) is 0.621. The summed E-state index contributed by atoms with van der Waals surface area (Å²) in [4.78, 5) is 25.4. The maximum Gasteiger partial charge on any atom is 0.341 e. The maximum atomic E-state index is 14.2. The molecule has 1 aromatic heterocycles. The number of aryl methyl sites for hydroxylation is 1. The molecule has 34 heavy (non-hydrogen) atoms. The topological polar surface area (TPSA) is 91.7 Å². The van der Waals surface area contributed by atoms with Gasteiger partial charge in [-0.1, -0.05) is 13.8 Å². The molecule has 0 aliphatic carbocycles. The number of carbonyl (C=O) groups is 2. The highest BCUT2D eigenvalue weighted by Crippen LogP contribution is 2.37. The summed E-state index contributed by atoms with van der Waals surface area (Å²) in [7, 11) is 1.43. The van der Waals surface area contributed by atoms with Crippen molar-refractivity contribution in [2.45, 2.75) is 46.1 Å². The molecular weight excluding hydrogens is 441 g/mol. The maximum absolute atomic E-state index is 14.2. The van der Waals surface area contributed by atoms with Crippen molar-refractivity contribution < 1.29 is 28.2 Å². The number of carbonyl (C=O) groups excluding carboxylic acids is 2. The van der Waals surface area contributed by atoms with E-state index in [-0.39, 0.29) is 29.4 Å². The number of benzene rings is 1. The van der Waals surface area contributed by atoms with E-state index in [1.807, 2.05) is 18.5 Å². The Morgan fingerprint density at radius 3 is 2.79 bits per heavy atom. The highest BCUT2D eigenvalue weighted by atomic mass is 19.1. The van der Waals surface area contributed by atoms with Crippen molar-refractivity contribution in [3.63, 3.8) is 0 Å². The molecule has 184 valence electrons. The van der Waals surface area contributed by atoms with Crippen LogP contribution in [0, 0.1) is 17.2 Å². The molecule has 2 aliphatic rings. The van der Waals surface area contributed by atoms with Crippen LogP contribution in [0.3, 0.4) is 0 Å². The van der Waals surface area contributed by atoms with Crippen LogP contribution in [-0.4, -0.2) is 55.1 Å². The minimum absolute atomic E-state index is 0.0381. The van der Waals surface area contributed by atoms with Gasteiger partial charge >= 0.3 is 5.97 Å². The average molecular weight is 474 g/mol. The summed E-state index contributed by atoms with van der Waals surface area (Å²) in [5, 5.41) is 7.86. The number of nitrogens with zero attached hydrogens (tertiary/aromatic N) is 2. The number of hydrogen-bond acceptors (Lipinski definition) is 6. The van der Waals surface area contributed by atoms with Crippen molar-refractivity contribution in [1.29, 1.82) is 0 Å². The second kappa shape index (κ2) is 10.1. The Morgan fingerprint density at radius 1 is 1.35 bits per heavy atom. The van der Waals surface area contributed by atoms with Gasteiger partial charge in [0, 0.05) is 38.3 Å². The third-order valence-electron chi connectivity index (χ3n) is 6.79. The van der Waals surface area contributed by atoms with Crippen LogP contribution in [0.4, 0.5) is 4.39 Å². The van der Waals surface area contributed by atoms with Crippen LogP contribution in [0.15, 0.2) is 18.2 Å². The Kier molecular flexibility index (Phi) is 7.21. The van der Waals surface area contributed by atoms with Crippen LogP contribution < -0.4 is 10.1 Å². The predicted octanol–water partition coefficient (Wildman–Crippen LogP) is 3.17. The molecule has 1 atom stereocenters. The number of amides is 1. The smallest absolute Gasteiger partial charge is 0.341 e. The molecule has 0 saturated carbocycles. The van der Waals surface area contributed by atoms with Gasteiger partial charge in [-0.05, 0) is 43.2 Å². The fraction of sp³-hybridized carbons (Fsp3) is 0.560. The summed E-state index contributed by atoms with van der Waals surface area (Å²) in [5.74, 6) is -1.23. The highest BCUT2D eigenvalue weighted by molar-refractivity contribution is 5.97. The van der Waals surface area contributed by atoms with Crippen molar-refractivity contribution in [2.75, 3.05) is 33.5 Å². The average Bonchev–Trinajstić information content (AvgIpc) is 3.10. The number of halogens is 1. The van der Waals surface area contributed by atoms with Gasteiger partial charge in [-0.25, -0.2) is 9.18 Å². The molecule has 1 saturated heterocycles. The van der Waals surface area contributed by atoms with Crippen molar-refractivity contribution in [3.8, 4) is 5.75 Å². The van der Waals surface area contributed by atoms with Crippen LogP contribution in [0.2, 0.25) is 0 Å². The van der Waals surface area contributed by atoms with Gasteiger partial charge in [0.05, 0.1) is 36.2 Å². The Hall–Kier alpha value is -2.94. The van der Waals surface area contributed by atoms with Gasteiger partial charge < -0.3 is 19.5 Å². The van der Waals surface area contributed by atoms with Crippen LogP contribution in [0.25, 0.3) is 0 Å². The standard InChI is InChI=1S/C25H32FN3O5/c1-4-20-22-21(12-25(15-27-23(22)30)7-9-33-10-8-25)29(28-20)13-16(2)14-34-24(31)18-6-5-17(32-3)11-19(18)26/h5-6,11,16H,4,7-10,12-15H2,1-3H3,(H,27,30)/t16-/m1/s1. The van der Waals surface area contributed by atoms with Crippen molar-refractivity contribution in [2.24, 2.45) is 11.3 Å². The van der Waals surface area contributed by atoms with Crippen LogP contribution in [0.5, 0.6) is 5.75 Å². The van der Waals surface area contributed by atoms with Gasteiger partial charge in [-0.2, -0.15) is 5.10 Å². The molecule has 8 nitrogen and oxygen atoms in total. The summed E-state index contributed by atoms with van der Waals surface area (Å²) in [5.41, 5.74) is 2.22. The zero-order valence-electron chi connectivity index (χ0n) is 20.0. The monoisotopic (exact) mass is 473 g/mol. The first-order valence-electron chi connectivity index (χ1n) is 11.8. The summed E-state index contributed by atoms with van der Waals surface area (Å²) in [6.45, 7) is 6.53. The molecule has 1 spiro atoms. The molecular formula is C25H32FN3O5. The molecule has 0 radical (unpaired) electrons. The SMILES string of the molecule is CCc1nn(C[C@@H](C)COC(=O)c2ccc(OC)cc2F)c2c1C(=O)NCC1(CCOCC1)C2. The lowest BCUT2D eigenvalue weighted by atomic mass is 9.76. The van der Waals surface area contributed by atoms with E-state index in [4.69, 9.17) is 19.3 Å². The van der Waals surface area contributed by atoms with Gasteiger partial charge in [-0.15, -0.1) is 0 Å². The van der Waals surface area contributed by atoms with Gasteiger partial charge in [0.2, 0.25) is 0 Å². The highest BCUT2D eigenvalue weighted by Gasteiger charge is 2.39. The van der Waals surface area contributed by atoms with E-state index in [0.29, 0.717) is 44.0 Å². The van der Waals surface area contributed by atoms with Crippen molar-refractivity contribution in [1.82, 2.24) is 15.1 Å². The van der Waals surface area contributed by atoms with E-state index in [9.17, 15) is 14.0 Å². The molecule has 0 bridgehead atoms. The molecule has 9 heteroatoms. The second-order valence-corrected chi connectivity index (χ2v) is 9.33. The number of ether oxygens (including phenoxy) is 3. The number of esters is 1. The Balaban J connectivity index is 1.48. The van der Waals surface area contributed by atoms with E-state index in [1.54, 1.807) is 0 Å². The summed E-state index contributed by atoms with van der Waals surface area (Å²) < 4.78 is 32.0. The first kappa shape index (κ1) is 24.2. The van der Waals surface area contributed by atoms with Gasteiger partial charge in [0.15, 0.2) is 0 Å². The lowest BCUT2D eigenvalue weighted by Gasteiger charge is -2.36. The first-order valence-corrected chi connectivity index (χ1v) is 11.8. The minimum Gasteiger partial charge on any atom is -0.497 e. The molecule has 1 fully saturated rings. The Labute approximate surface area is 198 Å². The number of fused-ring (bicyclic) bond motifs is 1. The second-order valence-electron chi connectivity index (χ2n) is 9.33. The summed E-state index contributed by atoms with van der Waals surface area (Å²) in [6.07, 6.45) is 3.18. The van der Waals surface area contributed by atoms with Crippen molar-refractivity contribution in [3.05, 3.63) is 46.5 Å². The zero-order valence-corrected chi connectivity index (χ0v) is 20.0. The van der Waals surface area contributed by atoms with Crippen LogP contribution >= 0.6 is 0 Å². The van der Waals surface area contributed by atoms with E-state index >= 15 is 0 Å². The molecule has 2 aliphatic heterocycles. The third kappa shape index (κ3) is 4.94. The van der Waals surface area contributed by atoms with Crippen LogP contribution in [-0.2, 0) is 28.9 Å². The van der Waals surface area contributed by atoms with Crippen molar-refractivity contribution >= 4 is 11.9 Å². The molecule has 4 rings (SSSR count). The summed E-state index contributed by atoms with van der Waals surface area (Å²) >= 11 is 0. The molecule has 1 N–H and O–H groups in total. The lowest BCUT2D eigenvalue weighted by Crippen LogP contribution is -2.41. The van der Waals surface area contributed by atoms with Gasteiger partial charge in [0.25, 0.3) is 5.91 Å². The fourth-order valence-corrected chi connectivity index (χ4v) is 4.76. The molecule has 1 amide bonds. The van der Waals surface area contributed by atoms with E-state index in [1.165, 1.54) is 19.2 Å². The molecule has 3 heterocycles. The third-order valence-corrected chi connectivity index (χ3v) is 6.79. The molecule has 1 aromatic carbocycles. The van der Waals surface area contributed by atoms with E-state index < -0.39 is 11.8 Å². The summed E-state index contributed by atoms with van der Waals surface area (Å²) in [6, 6.07) is 4.03. The first-order chi connectivity index (χ1) is 16.4. The van der Waals surface area contributed by atoms with E-state index in [0.717, 1.165) is 36.7 Å². The Morgan fingerprint density at radius 2 is 2.12 bits per heavy atom. The Bertz CT molecular complexity index is 1060. The fourth-order valence-electron chi connectivity index (χ4n) is 4.76.